The van der Waals surface area contributed by atoms with Gasteiger partial charge in [0.25, 0.3) is 0 Å². The average molecular weight is 1260 g/mol. The van der Waals surface area contributed by atoms with E-state index in [4.69, 9.17) is 9.47 Å². The number of hydrogen-bond donors (Lipinski definition) is 2. The SMILES string of the molecule is Cc1cc(F)cc(-c2cc(C(C)(C)CC(C)(C)C)cc(-n3c4ccc(C(C)(C)C)cc4c4cc(C(C)(C)C)ccc43)c2O)c1OCCCOc1c(C)cc(F)cc1-c1cc(C(C)(C)CC(C)(C)C)cc(-n2c3ccc(C(C)(C)C)cc3c3cc(C(C)(C)C)ccc32)c1O. The number of hydrogen-bond acceptors (Lipinski definition) is 4. The molecule has 492 valence electrons. The number of aromatic nitrogens is 2. The fourth-order valence-corrected chi connectivity index (χ4v) is 14.7. The molecule has 2 aromatic heterocycles. The largest absolute Gasteiger partial charge is 0.505 e. The molecule has 8 aromatic carbocycles. The molecule has 0 saturated carbocycles. The summed E-state index contributed by atoms with van der Waals surface area (Å²) < 4.78 is 50.5. The summed E-state index contributed by atoms with van der Waals surface area (Å²) in [6, 6.07) is 41.0. The molecule has 0 amide bonds. The fourth-order valence-electron chi connectivity index (χ4n) is 14.7. The van der Waals surface area contributed by atoms with Crippen LogP contribution in [0.5, 0.6) is 23.0 Å². The van der Waals surface area contributed by atoms with Crippen LogP contribution in [0.15, 0.2) is 121 Å². The van der Waals surface area contributed by atoms with Gasteiger partial charge >= 0.3 is 0 Å². The van der Waals surface area contributed by atoms with Crippen molar-refractivity contribution in [2.75, 3.05) is 13.2 Å². The van der Waals surface area contributed by atoms with Crippen molar-refractivity contribution in [2.24, 2.45) is 10.8 Å². The van der Waals surface area contributed by atoms with E-state index < -0.39 is 11.6 Å². The summed E-state index contributed by atoms with van der Waals surface area (Å²) in [5.41, 5.74) is 13.6. The molecule has 0 aliphatic heterocycles. The predicted molar refractivity (Wildman–Crippen MR) is 390 cm³/mol. The Balaban J connectivity index is 1.06. The number of rotatable bonds is 14. The maximum atomic E-state index is 16.2. The van der Waals surface area contributed by atoms with E-state index in [0.29, 0.717) is 62.7 Å². The van der Waals surface area contributed by atoms with E-state index in [9.17, 15) is 10.2 Å². The van der Waals surface area contributed by atoms with Crippen LogP contribution in [0, 0.1) is 36.3 Å². The number of aromatic hydroxyl groups is 2. The van der Waals surface area contributed by atoms with Crippen molar-refractivity contribution in [2.45, 2.75) is 218 Å². The zero-order chi connectivity index (χ0) is 68.4. The lowest BCUT2D eigenvalue weighted by molar-refractivity contribution is 0.246. The molecule has 0 fully saturated rings. The van der Waals surface area contributed by atoms with Crippen LogP contribution < -0.4 is 9.47 Å². The zero-order valence-electron chi connectivity index (χ0n) is 60.4. The molecule has 0 bridgehead atoms. The van der Waals surface area contributed by atoms with Gasteiger partial charge in [-0.2, -0.15) is 0 Å². The average Bonchev–Trinajstić information content (AvgIpc) is 1.61. The molecule has 0 aliphatic carbocycles. The first-order valence-corrected chi connectivity index (χ1v) is 33.6. The van der Waals surface area contributed by atoms with Crippen molar-refractivity contribution in [3.05, 3.63) is 177 Å². The highest BCUT2D eigenvalue weighted by atomic mass is 19.1. The van der Waals surface area contributed by atoms with Crippen LogP contribution in [0.3, 0.4) is 0 Å². The number of fused-ring (bicyclic) bond motifs is 6. The first-order chi connectivity index (χ1) is 42.8. The van der Waals surface area contributed by atoms with Gasteiger partial charge in [-0.15, -0.1) is 0 Å². The summed E-state index contributed by atoms with van der Waals surface area (Å²) in [5, 5.41) is 30.7. The highest BCUT2D eigenvalue weighted by Crippen LogP contribution is 2.51. The molecule has 93 heavy (non-hydrogen) atoms. The number of ether oxygens (including phenoxy) is 2. The van der Waals surface area contributed by atoms with Gasteiger partial charge in [-0.05, 0) is 212 Å². The summed E-state index contributed by atoms with van der Waals surface area (Å²) in [4.78, 5) is 0. The van der Waals surface area contributed by atoms with Gasteiger partial charge in [0.05, 0.1) is 46.7 Å². The molecule has 2 N–H and O–H groups in total. The van der Waals surface area contributed by atoms with E-state index in [2.05, 4.69) is 246 Å². The van der Waals surface area contributed by atoms with Crippen LogP contribution in [-0.4, -0.2) is 32.6 Å². The Bertz CT molecular complexity index is 4110. The number of aryl methyl sites for hydroxylation is 2. The first-order valence-electron chi connectivity index (χ1n) is 33.6. The van der Waals surface area contributed by atoms with Gasteiger partial charge in [-0.1, -0.05) is 177 Å². The van der Waals surface area contributed by atoms with Crippen LogP contribution in [0.2, 0.25) is 0 Å². The molecule has 8 heteroatoms. The molecular weight excluding hydrogens is 1150 g/mol. The van der Waals surface area contributed by atoms with Gasteiger partial charge in [-0.3, -0.25) is 0 Å². The second kappa shape index (κ2) is 23.7. The highest BCUT2D eigenvalue weighted by molar-refractivity contribution is 6.11. The minimum absolute atomic E-state index is 0.0150. The molecule has 2 heterocycles. The lowest BCUT2D eigenvalue weighted by atomic mass is 9.71. The first kappa shape index (κ1) is 68.3. The highest BCUT2D eigenvalue weighted by Gasteiger charge is 2.34. The van der Waals surface area contributed by atoms with E-state index in [0.717, 1.165) is 67.6 Å². The van der Waals surface area contributed by atoms with Gasteiger partial charge in [0.1, 0.15) is 34.6 Å². The standard InChI is InChI=1S/C85H104F2N2O4/c1-50-36-58(86)46-66(64-42-56(84(21,22)48-78(3,4)5)44-72(74(64)90)88-68-30-26-52(80(9,10)11)38-60(68)61-39-53(81(12,13)14)27-31-69(61)88)76(50)92-34-25-35-93-77-51(2)37-59(87)47-67(77)65-43-57(85(23,24)49-79(6,7)8)45-73(75(65)91)89-70-32-28-54(82(15,16)17)40-62(70)63-41-55(83(18,19)20)29-33-71(63)89/h26-33,36-47,90-91H,25,34-35,48-49H2,1-24H3. The van der Waals surface area contributed by atoms with Gasteiger partial charge in [0.2, 0.25) is 0 Å². The van der Waals surface area contributed by atoms with Crippen molar-refractivity contribution >= 4 is 43.6 Å². The van der Waals surface area contributed by atoms with E-state index in [1.54, 1.807) is 0 Å². The van der Waals surface area contributed by atoms with Crippen molar-refractivity contribution in [3.8, 4) is 56.6 Å². The Morgan fingerprint density at radius 1 is 0.344 bits per heavy atom. The third kappa shape index (κ3) is 13.7. The fraction of sp³-hybridized carbons (Fsp3) is 0.435. The van der Waals surface area contributed by atoms with Crippen molar-refractivity contribution in [3.63, 3.8) is 0 Å². The molecule has 10 aromatic rings. The predicted octanol–water partition coefficient (Wildman–Crippen LogP) is 24.0. The lowest BCUT2D eigenvalue weighted by Crippen LogP contribution is -2.25. The lowest BCUT2D eigenvalue weighted by Gasteiger charge is -2.34. The number of phenolic OH excluding ortho intramolecular Hbond substituents is 2. The monoisotopic (exact) mass is 1250 g/mol. The minimum atomic E-state index is -0.446. The molecule has 0 saturated heterocycles. The van der Waals surface area contributed by atoms with Gasteiger partial charge in [-0.25, -0.2) is 8.78 Å². The Labute approximate surface area is 554 Å². The van der Waals surface area contributed by atoms with Gasteiger partial charge < -0.3 is 28.8 Å². The van der Waals surface area contributed by atoms with Crippen LogP contribution in [0.1, 0.15) is 216 Å². The van der Waals surface area contributed by atoms with Crippen LogP contribution in [0.25, 0.3) is 77.2 Å². The summed E-state index contributed by atoms with van der Waals surface area (Å²) in [6.07, 6.45) is 2.06. The summed E-state index contributed by atoms with van der Waals surface area (Å²) in [7, 11) is 0. The third-order valence-corrected chi connectivity index (χ3v) is 19.0. The van der Waals surface area contributed by atoms with Crippen molar-refractivity contribution < 1.29 is 28.5 Å². The summed E-state index contributed by atoms with van der Waals surface area (Å²) >= 11 is 0. The zero-order valence-corrected chi connectivity index (χ0v) is 60.4. The minimum Gasteiger partial charge on any atom is -0.505 e. The molecule has 0 unspecified atom stereocenters. The van der Waals surface area contributed by atoms with Crippen molar-refractivity contribution in [1.29, 1.82) is 0 Å². The second-order valence-electron chi connectivity index (χ2n) is 34.9. The Hall–Kier alpha value is -7.58. The smallest absolute Gasteiger partial charge is 0.147 e. The van der Waals surface area contributed by atoms with E-state index >= 15 is 8.78 Å². The Morgan fingerprint density at radius 2 is 0.624 bits per heavy atom. The van der Waals surface area contributed by atoms with E-state index in [1.807, 2.05) is 26.0 Å². The Kier molecular flexibility index (Phi) is 17.4. The molecule has 0 radical (unpaired) electrons. The van der Waals surface area contributed by atoms with Crippen molar-refractivity contribution in [1.82, 2.24) is 9.13 Å². The molecule has 10 rings (SSSR count). The molecular formula is C85H104F2N2O4. The topological polar surface area (TPSA) is 68.8 Å². The number of phenols is 2. The number of benzene rings is 8. The van der Waals surface area contributed by atoms with Crippen LogP contribution >= 0.6 is 0 Å². The Morgan fingerprint density at radius 3 is 0.882 bits per heavy atom. The molecule has 0 aliphatic rings. The number of nitrogens with zero attached hydrogens (tertiary/aromatic N) is 2. The molecule has 0 spiro atoms. The summed E-state index contributed by atoms with van der Waals surface area (Å²) in [6.45, 7) is 53.3. The van der Waals surface area contributed by atoms with Gasteiger partial charge in [0, 0.05) is 50.2 Å². The van der Waals surface area contributed by atoms with E-state index in [1.165, 1.54) is 46.5 Å². The number of halogens is 2. The maximum absolute atomic E-state index is 16.2. The van der Waals surface area contributed by atoms with Crippen LogP contribution in [0.4, 0.5) is 8.78 Å². The van der Waals surface area contributed by atoms with Crippen LogP contribution in [-0.2, 0) is 32.5 Å². The second-order valence-corrected chi connectivity index (χ2v) is 34.9. The van der Waals surface area contributed by atoms with E-state index in [-0.39, 0.29) is 68.0 Å². The normalized spacial score (nSPS) is 13.4. The molecule has 0 atom stereocenters. The van der Waals surface area contributed by atoms with Gasteiger partial charge in [0.15, 0.2) is 0 Å². The molecule has 6 nitrogen and oxygen atoms in total. The quantitative estimate of drug-likeness (QED) is 0.106. The maximum Gasteiger partial charge on any atom is 0.147 e. The third-order valence-electron chi connectivity index (χ3n) is 19.0. The summed E-state index contributed by atoms with van der Waals surface area (Å²) in [5.74, 6) is 0.0471.